The number of rotatable bonds is 2. The first-order chi connectivity index (χ1) is 6.55. The molecule has 0 radical (unpaired) electrons. The number of carboxylic acid groups (broad SMARTS) is 1. The van der Waals surface area contributed by atoms with Gasteiger partial charge in [-0.2, -0.15) is 0 Å². The van der Waals surface area contributed by atoms with Crippen molar-refractivity contribution in [2.75, 3.05) is 0 Å². The first-order valence-corrected chi connectivity index (χ1v) is 4.91. The van der Waals surface area contributed by atoms with Crippen molar-refractivity contribution in [2.45, 2.75) is 18.8 Å². The molecule has 1 N–H and O–H groups in total. The van der Waals surface area contributed by atoms with Crippen LogP contribution in [0, 0.1) is 5.92 Å². The van der Waals surface area contributed by atoms with Crippen molar-refractivity contribution in [2.24, 2.45) is 5.92 Å². The Bertz CT molecular complexity index is 389. The Morgan fingerprint density at radius 3 is 2.71 bits per heavy atom. The molecule has 0 saturated heterocycles. The number of carbonyl (C=O) groups is 1. The summed E-state index contributed by atoms with van der Waals surface area (Å²) >= 11 is 6.03. The second kappa shape index (κ2) is 2.99. The average molecular weight is 211 g/mol. The lowest BCUT2D eigenvalue weighted by molar-refractivity contribution is -0.138. The van der Waals surface area contributed by atoms with E-state index in [1.165, 1.54) is 0 Å². The third-order valence-corrected chi connectivity index (χ3v) is 3.35. The van der Waals surface area contributed by atoms with Crippen LogP contribution in [-0.2, 0) is 10.2 Å². The number of carboxylic acids is 1. The number of hydrogen-bond acceptors (Lipinski definition) is 1. The summed E-state index contributed by atoms with van der Waals surface area (Å²) in [4.78, 5) is 10.8. The molecular weight excluding hydrogens is 200 g/mol. The predicted octanol–water partition coefficient (Wildman–Crippen LogP) is 2.70. The zero-order valence-electron chi connectivity index (χ0n) is 7.83. The fourth-order valence-corrected chi connectivity index (χ4v) is 2.30. The van der Waals surface area contributed by atoms with Crippen LogP contribution in [0.4, 0.5) is 0 Å². The van der Waals surface area contributed by atoms with Gasteiger partial charge in [0.15, 0.2) is 0 Å². The van der Waals surface area contributed by atoms with Gasteiger partial charge in [0.1, 0.15) is 0 Å². The fourth-order valence-electron chi connectivity index (χ4n) is 1.95. The summed E-state index contributed by atoms with van der Waals surface area (Å²) in [6, 6.07) is 7.46. The molecule has 0 bridgehead atoms. The van der Waals surface area contributed by atoms with E-state index < -0.39 is 5.97 Å². The van der Waals surface area contributed by atoms with Gasteiger partial charge < -0.3 is 5.11 Å². The van der Waals surface area contributed by atoms with E-state index in [4.69, 9.17) is 16.7 Å². The minimum atomic E-state index is -0.729. The van der Waals surface area contributed by atoms with Crippen molar-refractivity contribution < 1.29 is 9.90 Å². The Morgan fingerprint density at radius 1 is 1.57 bits per heavy atom. The summed E-state index contributed by atoms with van der Waals surface area (Å²) in [6.07, 6.45) is 0.687. The molecule has 2 rings (SSSR count). The Kier molecular flexibility index (Phi) is 2.04. The topological polar surface area (TPSA) is 37.3 Å². The first kappa shape index (κ1) is 9.53. The lowest BCUT2D eigenvalue weighted by Gasteiger charge is -2.11. The molecule has 0 heterocycles. The van der Waals surface area contributed by atoms with E-state index >= 15 is 0 Å². The van der Waals surface area contributed by atoms with Gasteiger partial charge in [-0.25, -0.2) is 0 Å². The summed E-state index contributed by atoms with van der Waals surface area (Å²) in [6.45, 7) is 1.95. The van der Waals surface area contributed by atoms with Gasteiger partial charge in [0.25, 0.3) is 0 Å². The summed E-state index contributed by atoms with van der Waals surface area (Å²) in [5, 5.41) is 9.56. The molecule has 1 aromatic carbocycles. The van der Waals surface area contributed by atoms with Gasteiger partial charge in [-0.1, -0.05) is 36.7 Å². The van der Waals surface area contributed by atoms with Crippen LogP contribution in [0.1, 0.15) is 18.9 Å². The Labute approximate surface area is 87.5 Å². The highest BCUT2D eigenvalue weighted by atomic mass is 35.5. The first-order valence-electron chi connectivity index (χ1n) is 4.53. The monoisotopic (exact) mass is 210 g/mol. The van der Waals surface area contributed by atoms with Gasteiger partial charge in [0.05, 0.1) is 5.92 Å². The summed E-state index contributed by atoms with van der Waals surface area (Å²) in [5.41, 5.74) is 0.693. The maximum absolute atomic E-state index is 10.8. The molecule has 2 atom stereocenters. The molecule has 0 unspecified atom stereocenters. The van der Waals surface area contributed by atoms with Crippen LogP contribution in [0.15, 0.2) is 24.3 Å². The van der Waals surface area contributed by atoms with E-state index in [1.807, 2.05) is 25.1 Å². The predicted molar refractivity (Wildman–Crippen MR) is 54.5 cm³/mol. The van der Waals surface area contributed by atoms with Crippen molar-refractivity contribution >= 4 is 17.6 Å². The lowest BCUT2D eigenvalue weighted by Crippen LogP contribution is -2.11. The van der Waals surface area contributed by atoms with Crippen molar-refractivity contribution in [3.05, 3.63) is 34.9 Å². The van der Waals surface area contributed by atoms with Crippen LogP contribution in [0.2, 0.25) is 5.02 Å². The minimum Gasteiger partial charge on any atom is -0.481 e. The highest BCUT2D eigenvalue weighted by molar-refractivity contribution is 6.31. The van der Waals surface area contributed by atoms with Crippen LogP contribution in [0.5, 0.6) is 0 Å². The molecule has 2 nitrogen and oxygen atoms in total. The zero-order valence-corrected chi connectivity index (χ0v) is 8.58. The van der Waals surface area contributed by atoms with Gasteiger partial charge >= 0.3 is 5.97 Å². The van der Waals surface area contributed by atoms with Gasteiger partial charge in [-0.05, 0) is 18.1 Å². The molecule has 1 aliphatic rings. The van der Waals surface area contributed by atoms with Crippen molar-refractivity contribution in [1.82, 2.24) is 0 Å². The SMILES string of the molecule is C[C@]1(c2ccccc2Cl)C[C@H]1C(=O)O. The van der Waals surface area contributed by atoms with Gasteiger partial charge in [0.2, 0.25) is 0 Å². The van der Waals surface area contributed by atoms with Crippen LogP contribution >= 0.6 is 11.6 Å². The van der Waals surface area contributed by atoms with E-state index in [2.05, 4.69) is 0 Å². The highest BCUT2D eigenvalue weighted by Gasteiger charge is 2.56. The molecule has 0 aliphatic heterocycles. The van der Waals surface area contributed by atoms with E-state index in [1.54, 1.807) is 6.07 Å². The van der Waals surface area contributed by atoms with Crippen LogP contribution in [0.25, 0.3) is 0 Å². The highest BCUT2D eigenvalue weighted by Crippen LogP contribution is 2.55. The van der Waals surface area contributed by atoms with E-state index in [0.717, 1.165) is 5.56 Å². The summed E-state index contributed by atoms with van der Waals surface area (Å²) < 4.78 is 0. The third kappa shape index (κ3) is 1.30. The molecule has 1 saturated carbocycles. The van der Waals surface area contributed by atoms with Gasteiger partial charge in [-0.15, -0.1) is 0 Å². The number of aliphatic carboxylic acids is 1. The zero-order chi connectivity index (χ0) is 10.3. The maximum Gasteiger partial charge on any atom is 0.307 e. The molecule has 1 aliphatic carbocycles. The third-order valence-electron chi connectivity index (χ3n) is 3.02. The van der Waals surface area contributed by atoms with Crippen LogP contribution < -0.4 is 0 Å². The van der Waals surface area contributed by atoms with E-state index in [9.17, 15) is 4.79 Å². The Hall–Kier alpha value is -1.02. The standard InChI is InChI=1S/C11H11ClO2/c1-11(6-8(11)10(13)14)7-4-2-3-5-9(7)12/h2-5,8H,6H2,1H3,(H,13,14)/t8-,11+/m0/s1. The number of halogens is 1. The average Bonchev–Trinajstić information content (AvgIpc) is 2.80. The molecule has 1 aromatic rings. The summed E-state index contributed by atoms with van der Waals surface area (Å²) in [5.74, 6) is -1.00. The maximum atomic E-state index is 10.8. The largest absolute Gasteiger partial charge is 0.481 e. The van der Waals surface area contributed by atoms with Crippen molar-refractivity contribution in [3.8, 4) is 0 Å². The molecule has 0 spiro atoms. The minimum absolute atomic E-state index is 0.260. The van der Waals surface area contributed by atoms with Gasteiger partial charge in [0, 0.05) is 10.4 Å². The Balaban J connectivity index is 2.34. The Morgan fingerprint density at radius 2 is 2.21 bits per heavy atom. The summed E-state index contributed by atoms with van der Waals surface area (Å²) in [7, 11) is 0. The second-order valence-corrected chi connectivity index (χ2v) is 4.40. The van der Waals surface area contributed by atoms with Crippen LogP contribution in [0.3, 0.4) is 0 Å². The normalized spacial score (nSPS) is 30.0. The molecule has 74 valence electrons. The number of hydrogen-bond donors (Lipinski definition) is 1. The van der Waals surface area contributed by atoms with Crippen molar-refractivity contribution in [3.63, 3.8) is 0 Å². The van der Waals surface area contributed by atoms with Crippen LogP contribution in [-0.4, -0.2) is 11.1 Å². The molecule has 0 aromatic heterocycles. The fraction of sp³-hybridized carbons (Fsp3) is 0.364. The second-order valence-electron chi connectivity index (χ2n) is 3.99. The molecule has 3 heteroatoms. The smallest absolute Gasteiger partial charge is 0.307 e. The number of benzene rings is 1. The quantitative estimate of drug-likeness (QED) is 0.815. The van der Waals surface area contributed by atoms with E-state index in [0.29, 0.717) is 11.4 Å². The molecular formula is C11H11ClO2. The van der Waals surface area contributed by atoms with E-state index in [-0.39, 0.29) is 11.3 Å². The molecule has 14 heavy (non-hydrogen) atoms. The molecule has 0 amide bonds. The lowest BCUT2D eigenvalue weighted by atomic mass is 9.95. The van der Waals surface area contributed by atoms with Gasteiger partial charge in [-0.3, -0.25) is 4.79 Å². The van der Waals surface area contributed by atoms with Crippen molar-refractivity contribution in [1.29, 1.82) is 0 Å². The molecule has 1 fully saturated rings.